The van der Waals surface area contributed by atoms with Crippen molar-refractivity contribution in [3.63, 3.8) is 0 Å². The summed E-state index contributed by atoms with van der Waals surface area (Å²) in [6.07, 6.45) is 3.28. The monoisotopic (exact) mass is 389 g/mol. The highest BCUT2D eigenvalue weighted by molar-refractivity contribution is 6.04. The first kappa shape index (κ1) is 20.4. The predicted molar refractivity (Wildman–Crippen MR) is 118 cm³/mol. The molecule has 0 spiro atoms. The Bertz CT molecular complexity index is 976. The standard InChI is InChI=1S/C24H27N3O2/c1-5-29-20-12-10-18(11-13-20)27-23(28)17-14-19(16-25-15-17)26-22-9-7-6-8-21(22)24(2,3)4/h6-16,26H,5H2,1-4H3,(H,27,28). The van der Waals surface area contributed by atoms with Crippen molar-refractivity contribution in [3.05, 3.63) is 78.1 Å². The minimum Gasteiger partial charge on any atom is -0.494 e. The zero-order valence-electron chi connectivity index (χ0n) is 17.3. The number of carbonyl (C=O) groups excluding carboxylic acids is 1. The van der Waals surface area contributed by atoms with Gasteiger partial charge in [0.05, 0.1) is 24.1 Å². The second kappa shape index (κ2) is 8.78. The van der Waals surface area contributed by atoms with E-state index < -0.39 is 0 Å². The Balaban J connectivity index is 1.75. The molecular formula is C24H27N3O2. The summed E-state index contributed by atoms with van der Waals surface area (Å²) in [5.41, 5.74) is 4.16. The van der Waals surface area contributed by atoms with Crippen LogP contribution in [0, 0.1) is 0 Å². The van der Waals surface area contributed by atoms with Gasteiger partial charge in [-0.2, -0.15) is 0 Å². The third-order valence-corrected chi connectivity index (χ3v) is 4.44. The van der Waals surface area contributed by atoms with Crippen LogP contribution in [-0.4, -0.2) is 17.5 Å². The molecule has 0 bridgehead atoms. The number of hydrogen-bond acceptors (Lipinski definition) is 4. The average Bonchev–Trinajstić information content (AvgIpc) is 2.69. The van der Waals surface area contributed by atoms with Gasteiger partial charge in [-0.15, -0.1) is 0 Å². The summed E-state index contributed by atoms with van der Waals surface area (Å²) in [5.74, 6) is 0.560. The number of amides is 1. The highest BCUT2D eigenvalue weighted by atomic mass is 16.5. The zero-order chi connectivity index (χ0) is 20.9. The maximum atomic E-state index is 12.6. The molecule has 2 N–H and O–H groups in total. The summed E-state index contributed by atoms with van der Waals surface area (Å²) in [6, 6.07) is 17.3. The lowest BCUT2D eigenvalue weighted by molar-refractivity contribution is 0.102. The van der Waals surface area contributed by atoms with Crippen LogP contribution in [0.4, 0.5) is 17.1 Å². The molecule has 1 heterocycles. The summed E-state index contributed by atoms with van der Waals surface area (Å²) in [6.45, 7) is 9.06. The first-order chi connectivity index (χ1) is 13.9. The zero-order valence-corrected chi connectivity index (χ0v) is 17.3. The molecule has 0 saturated carbocycles. The Hall–Kier alpha value is -3.34. The third kappa shape index (κ3) is 5.35. The number of benzene rings is 2. The Morgan fingerprint density at radius 3 is 2.41 bits per heavy atom. The number of nitrogens with zero attached hydrogens (tertiary/aromatic N) is 1. The molecule has 150 valence electrons. The summed E-state index contributed by atoms with van der Waals surface area (Å²) < 4.78 is 5.43. The molecule has 0 aliphatic heterocycles. The number of para-hydroxylation sites is 1. The molecule has 5 nitrogen and oxygen atoms in total. The Morgan fingerprint density at radius 1 is 1.00 bits per heavy atom. The number of aromatic nitrogens is 1. The van der Waals surface area contributed by atoms with Crippen molar-refractivity contribution in [2.75, 3.05) is 17.2 Å². The molecule has 0 unspecified atom stereocenters. The van der Waals surface area contributed by atoms with E-state index in [0.29, 0.717) is 17.9 Å². The summed E-state index contributed by atoms with van der Waals surface area (Å²) in [5, 5.41) is 6.29. The topological polar surface area (TPSA) is 63.2 Å². The van der Waals surface area contributed by atoms with E-state index in [2.05, 4.69) is 42.5 Å². The Labute approximate surface area is 172 Å². The average molecular weight is 389 g/mol. The van der Waals surface area contributed by atoms with Crippen LogP contribution in [0.3, 0.4) is 0 Å². The van der Waals surface area contributed by atoms with Crippen molar-refractivity contribution < 1.29 is 9.53 Å². The number of anilines is 3. The summed E-state index contributed by atoms with van der Waals surface area (Å²) in [4.78, 5) is 16.9. The lowest BCUT2D eigenvalue weighted by Crippen LogP contribution is -2.14. The lowest BCUT2D eigenvalue weighted by atomic mass is 9.86. The van der Waals surface area contributed by atoms with Gasteiger partial charge in [-0.05, 0) is 54.3 Å². The van der Waals surface area contributed by atoms with E-state index in [0.717, 1.165) is 17.1 Å². The summed E-state index contributed by atoms with van der Waals surface area (Å²) in [7, 11) is 0. The van der Waals surface area contributed by atoms with Gasteiger partial charge in [-0.1, -0.05) is 39.0 Å². The molecule has 0 aliphatic carbocycles. The predicted octanol–water partition coefficient (Wildman–Crippen LogP) is 5.77. The van der Waals surface area contributed by atoms with Crippen LogP contribution in [0.15, 0.2) is 67.0 Å². The number of ether oxygens (including phenoxy) is 1. The van der Waals surface area contributed by atoms with Crippen molar-refractivity contribution >= 4 is 23.0 Å². The molecule has 3 rings (SSSR count). The Kier molecular flexibility index (Phi) is 6.17. The molecule has 0 aliphatic rings. The van der Waals surface area contributed by atoms with Gasteiger partial charge < -0.3 is 15.4 Å². The fourth-order valence-corrected chi connectivity index (χ4v) is 3.04. The fraction of sp³-hybridized carbons (Fsp3) is 0.250. The Morgan fingerprint density at radius 2 is 1.72 bits per heavy atom. The van der Waals surface area contributed by atoms with Crippen LogP contribution in [0.5, 0.6) is 5.75 Å². The van der Waals surface area contributed by atoms with E-state index in [9.17, 15) is 4.79 Å². The van der Waals surface area contributed by atoms with E-state index >= 15 is 0 Å². The van der Waals surface area contributed by atoms with Gasteiger partial charge in [-0.3, -0.25) is 9.78 Å². The molecule has 29 heavy (non-hydrogen) atoms. The first-order valence-corrected chi connectivity index (χ1v) is 9.72. The second-order valence-electron chi connectivity index (χ2n) is 7.79. The molecule has 1 aromatic heterocycles. The SMILES string of the molecule is CCOc1ccc(NC(=O)c2cncc(Nc3ccccc3C(C)(C)C)c2)cc1. The number of hydrogen-bond donors (Lipinski definition) is 2. The van der Waals surface area contributed by atoms with Gasteiger partial charge in [0.25, 0.3) is 5.91 Å². The van der Waals surface area contributed by atoms with Crippen molar-refractivity contribution in [2.24, 2.45) is 0 Å². The van der Waals surface area contributed by atoms with Gasteiger partial charge in [0.1, 0.15) is 5.75 Å². The number of rotatable bonds is 6. The maximum absolute atomic E-state index is 12.6. The van der Waals surface area contributed by atoms with E-state index in [1.165, 1.54) is 5.56 Å². The van der Waals surface area contributed by atoms with Gasteiger partial charge >= 0.3 is 0 Å². The minimum absolute atomic E-state index is 0.000337. The lowest BCUT2D eigenvalue weighted by Gasteiger charge is -2.23. The van der Waals surface area contributed by atoms with Crippen LogP contribution in [0.1, 0.15) is 43.6 Å². The van der Waals surface area contributed by atoms with E-state index in [1.807, 2.05) is 49.4 Å². The molecule has 2 aromatic carbocycles. The fourth-order valence-electron chi connectivity index (χ4n) is 3.04. The number of carbonyl (C=O) groups is 1. The van der Waals surface area contributed by atoms with Crippen molar-refractivity contribution in [3.8, 4) is 5.75 Å². The second-order valence-corrected chi connectivity index (χ2v) is 7.79. The first-order valence-electron chi connectivity index (χ1n) is 9.72. The molecular weight excluding hydrogens is 362 g/mol. The third-order valence-electron chi connectivity index (χ3n) is 4.44. The van der Waals surface area contributed by atoms with Crippen molar-refractivity contribution in [2.45, 2.75) is 33.1 Å². The molecule has 3 aromatic rings. The molecule has 0 fully saturated rings. The molecule has 1 amide bonds. The summed E-state index contributed by atoms with van der Waals surface area (Å²) >= 11 is 0. The van der Waals surface area contributed by atoms with Crippen LogP contribution in [0.2, 0.25) is 0 Å². The molecule has 0 radical (unpaired) electrons. The minimum atomic E-state index is -0.214. The molecule has 5 heteroatoms. The largest absolute Gasteiger partial charge is 0.494 e. The number of pyridine rings is 1. The van der Waals surface area contributed by atoms with E-state index in [-0.39, 0.29) is 11.3 Å². The van der Waals surface area contributed by atoms with Crippen LogP contribution in [0.25, 0.3) is 0 Å². The van der Waals surface area contributed by atoms with Crippen LogP contribution < -0.4 is 15.4 Å². The highest BCUT2D eigenvalue weighted by Crippen LogP contribution is 2.31. The van der Waals surface area contributed by atoms with Crippen molar-refractivity contribution in [1.29, 1.82) is 0 Å². The van der Waals surface area contributed by atoms with Crippen molar-refractivity contribution in [1.82, 2.24) is 4.98 Å². The van der Waals surface area contributed by atoms with Crippen LogP contribution in [-0.2, 0) is 5.41 Å². The smallest absolute Gasteiger partial charge is 0.257 e. The maximum Gasteiger partial charge on any atom is 0.257 e. The van der Waals surface area contributed by atoms with Gasteiger partial charge in [0.15, 0.2) is 0 Å². The van der Waals surface area contributed by atoms with E-state index in [1.54, 1.807) is 18.5 Å². The number of nitrogens with one attached hydrogen (secondary N) is 2. The van der Waals surface area contributed by atoms with Gasteiger partial charge in [0, 0.05) is 17.6 Å². The van der Waals surface area contributed by atoms with Crippen LogP contribution >= 0.6 is 0 Å². The quantitative estimate of drug-likeness (QED) is 0.561. The van der Waals surface area contributed by atoms with Gasteiger partial charge in [-0.25, -0.2) is 0 Å². The van der Waals surface area contributed by atoms with Gasteiger partial charge in [0.2, 0.25) is 0 Å². The molecule has 0 atom stereocenters. The normalized spacial score (nSPS) is 11.0. The van der Waals surface area contributed by atoms with E-state index in [4.69, 9.17) is 4.74 Å². The highest BCUT2D eigenvalue weighted by Gasteiger charge is 2.17. The molecule has 0 saturated heterocycles.